The van der Waals surface area contributed by atoms with Crippen LogP contribution >= 0.6 is 12.2 Å². The highest BCUT2D eigenvalue weighted by Gasteiger charge is 2.14. The van der Waals surface area contributed by atoms with Gasteiger partial charge in [-0.3, -0.25) is 10.1 Å². The molecule has 1 aromatic heterocycles. The summed E-state index contributed by atoms with van der Waals surface area (Å²) >= 11 is 5.05. The fourth-order valence-electron chi connectivity index (χ4n) is 1.88. The number of amides is 1. The van der Waals surface area contributed by atoms with Crippen molar-refractivity contribution in [3.05, 3.63) is 24.2 Å². The highest BCUT2D eigenvalue weighted by atomic mass is 32.1. The van der Waals surface area contributed by atoms with E-state index >= 15 is 0 Å². The second-order valence-corrected chi connectivity index (χ2v) is 4.71. The third-order valence-corrected chi connectivity index (χ3v) is 3.18. The number of nitrogens with one attached hydrogen (secondary N) is 3. The van der Waals surface area contributed by atoms with Crippen LogP contribution in [0.5, 0.6) is 0 Å². The molecule has 6 nitrogen and oxygen atoms in total. The van der Waals surface area contributed by atoms with Gasteiger partial charge in [-0.1, -0.05) is 0 Å². The number of carbonyl (C=O) groups is 1. The summed E-state index contributed by atoms with van der Waals surface area (Å²) in [5, 5.41) is 5.92. The summed E-state index contributed by atoms with van der Waals surface area (Å²) in [6.45, 7) is 5.36. The standard InChI is InChI=1S/C12H17N3O3S/c16-11(10-2-1-7-18-10)14-12(19)13-3-4-15-5-8-17-9-6-15/h1-2,7H,3-6,8-9H2,(H2,13,14,16,19)/p+1. The number of hydrogen-bond donors (Lipinski definition) is 3. The molecule has 1 fully saturated rings. The monoisotopic (exact) mass is 284 g/mol. The Bertz CT molecular complexity index is 416. The molecule has 2 rings (SSSR count). The lowest BCUT2D eigenvalue weighted by Gasteiger charge is -2.23. The van der Waals surface area contributed by atoms with E-state index in [2.05, 4.69) is 10.6 Å². The van der Waals surface area contributed by atoms with Gasteiger partial charge in [0.15, 0.2) is 10.9 Å². The molecule has 7 heteroatoms. The van der Waals surface area contributed by atoms with E-state index in [0.29, 0.717) is 5.11 Å². The Labute approximate surface area is 117 Å². The van der Waals surface area contributed by atoms with Crippen LogP contribution in [0.2, 0.25) is 0 Å². The Morgan fingerprint density at radius 3 is 2.89 bits per heavy atom. The van der Waals surface area contributed by atoms with E-state index in [1.165, 1.54) is 11.2 Å². The lowest BCUT2D eigenvalue weighted by molar-refractivity contribution is -0.906. The van der Waals surface area contributed by atoms with E-state index in [4.69, 9.17) is 21.4 Å². The largest absolute Gasteiger partial charge is 0.459 e. The lowest BCUT2D eigenvalue weighted by atomic mass is 10.4. The third kappa shape index (κ3) is 4.62. The maximum absolute atomic E-state index is 11.6. The number of hydrogen-bond acceptors (Lipinski definition) is 4. The van der Waals surface area contributed by atoms with Crippen LogP contribution in [0.15, 0.2) is 22.8 Å². The van der Waals surface area contributed by atoms with Crippen molar-refractivity contribution in [1.29, 1.82) is 0 Å². The van der Waals surface area contributed by atoms with Crippen molar-refractivity contribution in [2.24, 2.45) is 0 Å². The molecule has 1 aliphatic rings. The van der Waals surface area contributed by atoms with Crippen molar-refractivity contribution in [3.8, 4) is 0 Å². The molecular formula is C12H18N3O3S+. The van der Waals surface area contributed by atoms with Gasteiger partial charge in [0.05, 0.1) is 32.6 Å². The van der Waals surface area contributed by atoms with Crippen LogP contribution in [0, 0.1) is 0 Å². The maximum atomic E-state index is 11.6. The Hall–Kier alpha value is -1.44. The van der Waals surface area contributed by atoms with Gasteiger partial charge in [0.1, 0.15) is 13.1 Å². The van der Waals surface area contributed by atoms with Gasteiger partial charge in [-0.15, -0.1) is 0 Å². The molecule has 1 aromatic rings. The van der Waals surface area contributed by atoms with Gasteiger partial charge in [0.25, 0.3) is 5.91 Å². The van der Waals surface area contributed by atoms with Crippen LogP contribution in [-0.4, -0.2) is 50.4 Å². The number of thiocarbonyl (C=S) groups is 1. The first-order valence-corrected chi connectivity index (χ1v) is 6.70. The lowest BCUT2D eigenvalue weighted by Crippen LogP contribution is -3.14. The molecule has 19 heavy (non-hydrogen) atoms. The van der Waals surface area contributed by atoms with Crippen molar-refractivity contribution in [2.75, 3.05) is 39.4 Å². The topological polar surface area (TPSA) is 67.9 Å². The first kappa shape index (κ1) is 14.0. The molecule has 1 amide bonds. The summed E-state index contributed by atoms with van der Waals surface area (Å²) in [6, 6.07) is 3.25. The molecule has 0 aliphatic carbocycles. The number of morpholine rings is 1. The molecule has 0 unspecified atom stereocenters. The van der Waals surface area contributed by atoms with Gasteiger partial charge in [0.2, 0.25) is 0 Å². The van der Waals surface area contributed by atoms with Gasteiger partial charge >= 0.3 is 0 Å². The Morgan fingerprint density at radius 1 is 1.42 bits per heavy atom. The quantitative estimate of drug-likeness (QED) is 0.606. The summed E-state index contributed by atoms with van der Waals surface area (Å²) in [5.74, 6) is -0.0795. The van der Waals surface area contributed by atoms with E-state index in [9.17, 15) is 4.79 Å². The molecule has 0 spiro atoms. The van der Waals surface area contributed by atoms with Crippen LogP contribution in [0.25, 0.3) is 0 Å². The zero-order valence-corrected chi connectivity index (χ0v) is 11.4. The summed E-state index contributed by atoms with van der Waals surface area (Å²) in [5.41, 5.74) is 0. The van der Waals surface area contributed by atoms with Gasteiger partial charge in [-0.05, 0) is 24.4 Å². The van der Waals surface area contributed by atoms with Gasteiger partial charge in [-0.25, -0.2) is 0 Å². The van der Waals surface area contributed by atoms with Crippen molar-refractivity contribution in [2.45, 2.75) is 0 Å². The second kappa shape index (κ2) is 7.22. The summed E-state index contributed by atoms with van der Waals surface area (Å²) in [6.07, 6.45) is 1.45. The van der Waals surface area contributed by atoms with Crippen molar-refractivity contribution >= 4 is 23.2 Å². The molecule has 0 bridgehead atoms. The first-order chi connectivity index (χ1) is 9.25. The second-order valence-electron chi connectivity index (χ2n) is 4.30. The maximum Gasteiger partial charge on any atom is 0.293 e. The smallest absolute Gasteiger partial charge is 0.293 e. The number of rotatable bonds is 4. The number of furan rings is 1. The minimum absolute atomic E-state index is 0.253. The Morgan fingerprint density at radius 2 is 2.21 bits per heavy atom. The van der Waals surface area contributed by atoms with Crippen LogP contribution in [0.4, 0.5) is 0 Å². The van der Waals surface area contributed by atoms with Gasteiger partial charge in [-0.2, -0.15) is 0 Å². The minimum Gasteiger partial charge on any atom is -0.459 e. The van der Waals surface area contributed by atoms with E-state index in [-0.39, 0.29) is 11.7 Å². The van der Waals surface area contributed by atoms with Gasteiger partial charge < -0.3 is 19.4 Å². The highest BCUT2D eigenvalue weighted by molar-refractivity contribution is 7.80. The molecule has 104 valence electrons. The van der Waals surface area contributed by atoms with Crippen molar-refractivity contribution in [1.82, 2.24) is 10.6 Å². The Balaban J connectivity index is 1.63. The van der Waals surface area contributed by atoms with Crippen LogP contribution in [0.3, 0.4) is 0 Å². The molecular weight excluding hydrogens is 266 g/mol. The van der Waals surface area contributed by atoms with E-state index in [1.54, 1.807) is 12.1 Å². The van der Waals surface area contributed by atoms with Crippen LogP contribution < -0.4 is 15.5 Å². The molecule has 0 saturated carbocycles. The SMILES string of the molecule is O=C(NC(=S)NCC[NH+]1CCOCC1)c1ccco1. The molecule has 0 aromatic carbocycles. The molecule has 2 heterocycles. The molecule has 1 saturated heterocycles. The van der Waals surface area contributed by atoms with Crippen LogP contribution in [-0.2, 0) is 4.74 Å². The fourth-order valence-corrected chi connectivity index (χ4v) is 2.07. The average Bonchev–Trinajstić information content (AvgIpc) is 2.94. The summed E-state index contributed by atoms with van der Waals surface area (Å²) < 4.78 is 10.3. The zero-order chi connectivity index (χ0) is 13.5. The number of ether oxygens (including phenoxy) is 1. The normalized spacial score (nSPS) is 16.0. The van der Waals surface area contributed by atoms with Crippen molar-refractivity contribution < 1.29 is 18.8 Å². The number of quaternary nitrogens is 1. The minimum atomic E-state index is -0.332. The number of carbonyl (C=O) groups excluding carboxylic acids is 1. The third-order valence-electron chi connectivity index (χ3n) is 2.94. The van der Waals surface area contributed by atoms with E-state index < -0.39 is 0 Å². The van der Waals surface area contributed by atoms with E-state index in [0.717, 1.165) is 39.4 Å². The van der Waals surface area contributed by atoms with Crippen LogP contribution in [0.1, 0.15) is 10.6 Å². The summed E-state index contributed by atoms with van der Waals surface area (Å²) in [7, 11) is 0. The predicted molar refractivity (Wildman–Crippen MR) is 73.2 cm³/mol. The predicted octanol–water partition coefficient (Wildman–Crippen LogP) is -1.20. The highest BCUT2D eigenvalue weighted by Crippen LogP contribution is 1.98. The molecule has 3 N–H and O–H groups in total. The first-order valence-electron chi connectivity index (χ1n) is 6.29. The fraction of sp³-hybridized carbons (Fsp3) is 0.500. The molecule has 0 radical (unpaired) electrons. The summed E-state index contributed by atoms with van der Waals surface area (Å²) in [4.78, 5) is 13.1. The van der Waals surface area contributed by atoms with Crippen molar-refractivity contribution in [3.63, 3.8) is 0 Å². The zero-order valence-electron chi connectivity index (χ0n) is 10.6. The average molecular weight is 284 g/mol. The molecule has 1 aliphatic heterocycles. The van der Waals surface area contributed by atoms with Gasteiger partial charge in [0, 0.05) is 0 Å². The Kier molecular flexibility index (Phi) is 5.31. The van der Waals surface area contributed by atoms with E-state index in [1.807, 2.05) is 0 Å². The molecule has 0 atom stereocenters.